The normalized spacial score (nSPS) is 10.2. The number of ether oxygens (including phenoxy) is 1. The second kappa shape index (κ2) is 6.90. The van der Waals surface area contributed by atoms with Gasteiger partial charge in [-0.15, -0.1) is 0 Å². The molecule has 0 unspecified atom stereocenters. The molecule has 2 aromatic rings. The molecule has 0 aliphatic heterocycles. The summed E-state index contributed by atoms with van der Waals surface area (Å²) >= 11 is 0. The Morgan fingerprint density at radius 1 is 1.00 bits per heavy atom. The van der Waals surface area contributed by atoms with E-state index in [4.69, 9.17) is 9.84 Å². The molecule has 110 valence electrons. The SMILES string of the molecule is CN(C)c1ccc(C(=O)c2ccc(OCCO)cc2)cc1. The van der Waals surface area contributed by atoms with Crippen LogP contribution in [0, 0.1) is 0 Å². The van der Waals surface area contributed by atoms with E-state index in [0.29, 0.717) is 16.9 Å². The van der Waals surface area contributed by atoms with Crippen molar-refractivity contribution in [2.45, 2.75) is 0 Å². The minimum Gasteiger partial charge on any atom is -0.491 e. The maximum absolute atomic E-state index is 12.4. The molecule has 0 aliphatic rings. The van der Waals surface area contributed by atoms with Crippen molar-refractivity contribution in [1.82, 2.24) is 0 Å². The molecule has 2 rings (SSSR count). The van der Waals surface area contributed by atoms with E-state index < -0.39 is 0 Å². The number of carbonyl (C=O) groups is 1. The van der Waals surface area contributed by atoms with Gasteiger partial charge in [0.1, 0.15) is 12.4 Å². The largest absolute Gasteiger partial charge is 0.491 e. The van der Waals surface area contributed by atoms with Crippen LogP contribution in [0.15, 0.2) is 48.5 Å². The van der Waals surface area contributed by atoms with E-state index in [9.17, 15) is 4.79 Å². The Morgan fingerprint density at radius 3 is 2.00 bits per heavy atom. The molecule has 0 bridgehead atoms. The van der Waals surface area contributed by atoms with Gasteiger partial charge >= 0.3 is 0 Å². The Morgan fingerprint density at radius 2 is 1.52 bits per heavy atom. The van der Waals surface area contributed by atoms with Gasteiger partial charge in [-0.05, 0) is 48.5 Å². The quantitative estimate of drug-likeness (QED) is 0.828. The highest BCUT2D eigenvalue weighted by atomic mass is 16.5. The van der Waals surface area contributed by atoms with Gasteiger partial charge in [-0.1, -0.05) is 0 Å². The topological polar surface area (TPSA) is 49.8 Å². The van der Waals surface area contributed by atoms with Crippen LogP contribution in [-0.4, -0.2) is 38.2 Å². The van der Waals surface area contributed by atoms with Gasteiger partial charge in [0.15, 0.2) is 5.78 Å². The zero-order valence-corrected chi connectivity index (χ0v) is 12.2. The molecule has 0 fully saturated rings. The highest BCUT2D eigenvalue weighted by Crippen LogP contribution is 2.18. The van der Waals surface area contributed by atoms with Crippen molar-refractivity contribution in [3.8, 4) is 5.75 Å². The fraction of sp³-hybridized carbons (Fsp3) is 0.235. The van der Waals surface area contributed by atoms with E-state index >= 15 is 0 Å². The van der Waals surface area contributed by atoms with E-state index in [2.05, 4.69) is 0 Å². The Bertz CT molecular complexity index is 588. The monoisotopic (exact) mass is 285 g/mol. The maximum Gasteiger partial charge on any atom is 0.193 e. The Labute approximate surface area is 124 Å². The molecule has 1 N–H and O–H groups in total. The molecule has 2 aromatic carbocycles. The molecule has 4 heteroatoms. The summed E-state index contributed by atoms with van der Waals surface area (Å²) in [5.74, 6) is 0.623. The van der Waals surface area contributed by atoms with Crippen LogP contribution in [0.5, 0.6) is 5.75 Å². The van der Waals surface area contributed by atoms with E-state index in [0.717, 1.165) is 5.69 Å². The molecule has 0 atom stereocenters. The zero-order valence-electron chi connectivity index (χ0n) is 12.2. The summed E-state index contributed by atoms with van der Waals surface area (Å²) in [5.41, 5.74) is 2.33. The summed E-state index contributed by atoms with van der Waals surface area (Å²) in [4.78, 5) is 14.3. The molecule has 0 spiro atoms. The summed E-state index contributed by atoms with van der Waals surface area (Å²) in [6.45, 7) is 0.220. The summed E-state index contributed by atoms with van der Waals surface area (Å²) in [6, 6.07) is 14.4. The average molecular weight is 285 g/mol. The van der Waals surface area contributed by atoms with Crippen LogP contribution in [0.4, 0.5) is 5.69 Å². The van der Waals surface area contributed by atoms with Gasteiger partial charge < -0.3 is 14.7 Å². The van der Waals surface area contributed by atoms with Crippen LogP contribution in [0.1, 0.15) is 15.9 Å². The molecule has 21 heavy (non-hydrogen) atoms. The number of rotatable bonds is 6. The fourth-order valence-electron chi connectivity index (χ4n) is 1.94. The van der Waals surface area contributed by atoms with E-state index in [1.54, 1.807) is 24.3 Å². The lowest BCUT2D eigenvalue weighted by molar-refractivity contribution is 0.103. The van der Waals surface area contributed by atoms with E-state index in [1.165, 1.54) is 0 Å². The smallest absolute Gasteiger partial charge is 0.193 e. The van der Waals surface area contributed by atoms with Gasteiger partial charge in [0, 0.05) is 30.9 Å². The Balaban J connectivity index is 2.12. The zero-order chi connectivity index (χ0) is 15.2. The maximum atomic E-state index is 12.4. The number of aliphatic hydroxyl groups excluding tert-OH is 1. The summed E-state index contributed by atoms with van der Waals surface area (Å²) in [7, 11) is 3.92. The van der Waals surface area contributed by atoms with Gasteiger partial charge in [-0.3, -0.25) is 4.79 Å². The molecule has 4 nitrogen and oxygen atoms in total. The Hall–Kier alpha value is -2.33. The number of aliphatic hydroxyl groups is 1. The first-order chi connectivity index (χ1) is 10.1. The molecule has 0 aliphatic carbocycles. The van der Waals surface area contributed by atoms with Crippen LogP contribution in [0.2, 0.25) is 0 Å². The minimum absolute atomic E-state index is 0.0194. The molecule has 0 saturated heterocycles. The highest BCUT2D eigenvalue weighted by Gasteiger charge is 2.09. The lowest BCUT2D eigenvalue weighted by Crippen LogP contribution is -2.09. The first-order valence-electron chi connectivity index (χ1n) is 6.77. The molecular formula is C17H19NO3. The van der Waals surface area contributed by atoms with Crippen molar-refractivity contribution < 1.29 is 14.6 Å². The van der Waals surface area contributed by atoms with Gasteiger partial charge in [0.2, 0.25) is 0 Å². The first-order valence-corrected chi connectivity index (χ1v) is 6.77. The van der Waals surface area contributed by atoms with Crippen molar-refractivity contribution in [2.75, 3.05) is 32.2 Å². The van der Waals surface area contributed by atoms with Gasteiger partial charge in [0.25, 0.3) is 0 Å². The third-order valence-electron chi connectivity index (χ3n) is 3.12. The van der Waals surface area contributed by atoms with Crippen molar-refractivity contribution in [1.29, 1.82) is 0 Å². The third kappa shape index (κ3) is 3.83. The summed E-state index contributed by atoms with van der Waals surface area (Å²) in [5, 5.41) is 8.70. The van der Waals surface area contributed by atoms with Crippen LogP contribution >= 0.6 is 0 Å². The minimum atomic E-state index is -0.0289. The van der Waals surface area contributed by atoms with Crippen molar-refractivity contribution in [3.05, 3.63) is 59.7 Å². The predicted octanol–water partition coefficient (Wildman–Crippen LogP) is 2.35. The molecule has 0 heterocycles. The molecule has 0 radical (unpaired) electrons. The molecule has 0 amide bonds. The van der Waals surface area contributed by atoms with Gasteiger partial charge in [0.05, 0.1) is 6.61 Å². The number of ketones is 1. The van der Waals surface area contributed by atoms with E-state index in [-0.39, 0.29) is 19.0 Å². The number of carbonyl (C=O) groups excluding carboxylic acids is 1. The second-order valence-corrected chi connectivity index (χ2v) is 4.87. The second-order valence-electron chi connectivity index (χ2n) is 4.87. The predicted molar refractivity (Wildman–Crippen MR) is 83.2 cm³/mol. The van der Waals surface area contributed by atoms with Crippen LogP contribution in [0.3, 0.4) is 0 Å². The summed E-state index contributed by atoms with van der Waals surface area (Å²) in [6.07, 6.45) is 0. The van der Waals surface area contributed by atoms with Gasteiger partial charge in [-0.2, -0.15) is 0 Å². The standard InChI is InChI=1S/C17H19NO3/c1-18(2)15-7-3-13(4-8-15)17(20)14-5-9-16(10-6-14)21-12-11-19/h3-10,19H,11-12H2,1-2H3. The van der Waals surface area contributed by atoms with Crippen LogP contribution in [0.25, 0.3) is 0 Å². The third-order valence-corrected chi connectivity index (χ3v) is 3.12. The molecule has 0 aromatic heterocycles. The summed E-state index contributed by atoms with van der Waals surface area (Å²) < 4.78 is 5.27. The van der Waals surface area contributed by atoms with Gasteiger partial charge in [-0.25, -0.2) is 0 Å². The van der Waals surface area contributed by atoms with Crippen molar-refractivity contribution in [3.63, 3.8) is 0 Å². The number of hydrogen-bond donors (Lipinski definition) is 1. The van der Waals surface area contributed by atoms with E-state index in [1.807, 2.05) is 43.3 Å². The average Bonchev–Trinajstić information content (AvgIpc) is 2.53. The lowest BCUT2D eigenvalue weighted by atomic mass is 10.0. The number of nitrogens with zero attached hydrogens (tertiary/aromatic N) is 1. The number of hydrogen-bond acceptors (Lipinski definition) is 4. The fourth-order valence-corrected chi connectivity index (χ4v) is 1.94. The number of benzene rings is 2. The van der Waals surface area contributed by atoms with Crippen molar-refractivity contribution >= 4 is 11.5 Å². The van der Waals surface area contributed by atoms with Crippen LogP contribution < -0.4 is 9.64 Å². The lowest BCUT2D eigenvalue weighted by Gasteiger charge is -2.12. The Kier molecular flexibility index (Phi) is 4.95. The van der Waals surface area contributed by atoms with Crippen LogP contribution in [-0.2, 0) is 0 Å². The highest BCUT2D eigenvalue weighted by molar-refractivity contribution is 6.09. The molecular weight excluding hydrogens is 266 g/mol. The molecule has 0 saturated carbocycles. The first kappa shape index (κ1) is 15.1. The number of anilines is 1. The van der Waals surface area contributed by atoms with Crippen molar-refractivity contribution in [2.24, 2.45) is 0 Å².